The molecule has 1 aliphatic heterocycles. The summed E-state index contributed by atoms with van der Waals surface area (Å²) in [6.07, 6.45) is 2.06. The number of nitrogens with zero attached hydrogens (tertiary/aromatic N) is 5. The Balaban J connectivity index is 1.56. The van der Waals surface area contributed by atoms with Crippen molar-refractivity contribution >= 4 is 28.6 Å². The van der Waals surface area contributed by atoms with Gasteiger partial charge in [0.1, 0.15) is 11.1 Å². The first-order chi connectivity index (χ1) is 18.0. The van der Waals surface area contributed by atoms with E-state index in [1.807, 2.05) is 36.2 Å². The maximum atomic E-state index is 14.9. The van der Waals surface area contributed by atoms with Crippen molar-refractivity contribution in [3.8, 4) is 11.3 Å². The fourth-order valence-corrected chi connectivity index (χ4v) is 4.31. The van der Waals surface area contributed by atoms with Gasteiger partial charge in [0, 0.05) is 63.3 Å². The molecule has 0 radical (unpaired) electrons. The van der Waals surface area contributed by atoms with E-state index in [0.29, 0.717) is 29.1 Å². The number of aliphatic hydroxyl groups excluding tert-OH is 1. The maximum Gasteiger partial charge on any atom is 0.410 e. The molecule has 3 heterocycles. The molecule has 3 aromatic rings. The maximum absolute atomic E-state index is 14.9. The number of alkyl halides is 2. The lowest BCUT2D eigenvalue weighted by molar-refractivity contribution is -0.100. The predicted molar refractivity (Wildman–Crippen MR) is 142 cm³/mol. The second kappa shape index (κ2) is 11.0. The van der Waals surface area contributed by atoms with Gasteiger partial charge in [-0.1, -0.05) is 12.1 Å². The highest BCUT2D eigenvalue weighted by Gasteiger charge is 2.45. The van der Waals surface area contributed by atoms with Gasteiger partial charge in [-0.05, 0) is 39.0 Å². The first-order valence-electron chi connectivity index (χ1n) is 12.6. The second-order valence-electron chi connectivity index (χ2n) is 10.5. The molecule has 0 spiro atoms. The molecule has 0 aliphatic carbocycles. The molecule has 1 unspecified atom stereocenters. The van der Waals surface area contributed by atoms with Crippen LogP contribution >= 0.6 is 0 Å². The first-order valence-corrected chi connectivity index (χ1v) is 12.6. The van der Waals surface area contributed by atoms with Crippen LogP contribution in [0, 0.1) is 5.92 Å². The number of ether oxygens (including phenoxy) is 1. The number of amides is 1. The zero-order chi connectivity index (χ0) is 27.5. The number of hydrogen-bond donors (Lipinski definition) is 2. The highest BCUT2D eigenvalue weighted by Crippen LogP contribution is 2.35. The van der Waals surface area contributed by atoms with Crippen molar-refractivity contribution in [1.82, 2.24) is 19.9 Å². The highest BCUT2D eigenvalue weighted by atomic mass is 19.3. The first kappa shape index (κ1) is 27.4. The average Bonchev–Trinajstić information content (AvgIpc) is 2.86. The molecule has 2 aromatic heterocycles. The number of hydrogen-bond acceptors (Lipinski definition) is 8. The zero-order valence-electron chi connectivity index (χ0n) is 22.1. The van der Waals surface area contributed by atoms with Crippen LogP contribution < -0.4 is 10.2 Å². The summed E-state index contributed by atoms with van der Waals surface area (Å²) in [6.45, 7) is 5.48. The van der Waals surface area contributed by atoms with Crippen LogP contribution in [0.15, 0.2) is 42.7 Å². The molecule has 1 aliphatic rings. The number of likely N-dealkylation sites (tertiary alicyclic amines) is 1. The molecule has 204 valence electrons. The number of carbonyl (C=O) groups is 1. The van der Waals surface area contributed by atoms with E-state index in [9.17, 15) is 18.7 Å². The molecular weight excluding hydrogens is 494 g/mol. The van der Waals surface area contributed by atoms with Crippen LogP contribution in [-0.2, 0) is 4.74 Å². The van der Waals surface area contributed by atoms with Crippen molar-refractivity contribution in [2.45, 2.75) is 38.7 Å². The number of benzene rings is 1. The normalized spacial score (nSPS) is 17.3. The minimum Gasteiger partial charge on any atom is -0.444 e. The largest absolute Gasteiger partial charge is 0.444 e. The van der Waals surface area contributed by atoms with Crippen LogP contribution in [0.1, 0.15) is 27.2 Å². The quantitative estimate of drug-likeness (QED) is 0.465. The summed E-state index contributed by atoms with van der Waals surface area (Å²) in [5.74, 6) is -3.75. The summed E-state index contributed by atoms with van der Waals surface area (Å²) in [6, 6.07) is 9.47. The summed E-state index contributed by atoms with van der Waals surface area (Å²) in [7, 11) is 1.89. The lowest BCUT2D eigenvalue weighted by Crippen LogP contribution is -2.52. The average molecular weight is 529 g/mol. The van der Waals surface area contributed by atoms with Gasteiger partial charge in [0.2, 0.25) is 0 Å². The number of fused-ring (bicyclic) bond motifs is 1. The van der Waals surface area contributed by atoms with Gasteiger partial charge in [-0.2, -0.15) is 0 Å². The standard InChI is InChI=1S/C27H34F2N6O3/c1-26(2,3)38-25(37)35-12-9-27(28,29)19(17-35)16-32-24-23-22(30-10-11-31-23)15-21(33-24)18-5-7-20(8-6-18)34(4)13-14-36/h5-8,10-11,15,19,36H,9,12-14,16-17H2,1-4H3,(H,32,33). The molecule has 9 nitrogen and oxygen atoms in total. The van der Waals surface area contributed by atoms with Crippen molar-refractivity contribution in [1.29, 1.82) is 0 Å². The van der Waals surface area contributed by atoms with Gasteiger partial charge in [-0.3, -0.25) is 4.98 Å². The third-order valence-electron chi connectivity index (χ3n) is 6.42. The number of rotatable bonds is 7. The Labute approximate surface area is 220 Å². The number of aliphatic hydroxyl groups is 1. The molecule has 1 amide bonds. The summed E-state index contributed by atoms with van der Waals surface area (Å²) < 4.78 is 35.1. The number of anilines is 2. The molecule has 0 saturated carbocycles. The SMILES string of the molecule is CN(CCO)c1ccc(-c2cc3nccnc3c(NCC3CN(C(=O)OC(C)(C)C)CCC3(F)F)n2)cc1. The number of aromatic nitrogens is 3. The summed E-state index contributed by atoms with van der Waals surface area (Å²) in [5, 5.41) is 12.3. The molecule has 0 bridgehead atoms. The molecule has 11 heteroatoms. The highest BCUT2D eigenvalue weighted by molar-refractivity contribution is 5.88. The van der Waals surface area contributed by atoms with E-state index in [-0.39, 0.29) is 26.2 Å². The minimum absolute atomic E-state index is 0.0494. The van der Waals surface area contributed by atoms with Crippen molar-refractivity contribution in [2.24, 2.45) is 5.92 Å². The van der Waals surface area contributed by atoms with Crippen LogP contribution in [0.5, 0.6) is 0 Å². The third-order valence-corrected chi connectivity index (χ3v) is 6.42. The Bertz CT molecular complexity index is 1270. The Hall–Kier alpha value is -3.60. The van der Waals surface area contributed by atoms with Crippen molar-refractivity contribution in [2.75, 3.05) is 50.1 Å². The fourth-order valence-electron chi connectivity index (χ4n) is 4.31. The lowest BCUT2D eigenvalue weighted by atomic mass is 9.93. The topological polar surface area (TPSA) is 104 Å². The van der Waals surface area contributed by atoms with Crippen LogP contribution in [0.3, 0.4) is 0 Å². The Kier molecular flexibility index (Phi) is 7.96. The fraction of sp³-hybridized carbons (Fsp3) is 0.481. The minimum atomic E-state index is -2.96. The number of carbonyl (C=O) groups excluding carboxylic acids is 1. The van der Waals surface area contributed by atoms with E-state index in [4.69, 9.17) is 9.72 Å². The van der Waals surface area contributed by atoms with Gasteiger partial charge >= 0.3 is 6.09 Å². The molecule has 1 saturated heterocycles. The second-order valence-corrected chi connectivity index (χ2v) is 10.5. The molecule has 1 atom stereocenters. The summed E-state index contributed by atoms with van der Waals surface area (Å²) in [4.78, 5) is 29.2. The zero-order valence-corrected chi connectivity index (χ0v) is 22.1. The molecule has 4 rings (SSSR count). The Morgan fingerprint density at radius 3 is 2.63 bits per heavy atom. The van der Waals surface area contributed by atoms with E-state index in [0.717, 1.165) is 11.3 Å². The van der Waals surface area contributed by atoms with Gasteiger partial charge in [-0.15, -0.1) is 0 Å². The van der Waals surface area contributed by atoms with Gasteiger partial charge < -0.3 is 25.0 Å². The Morgan fingerprint density at radius 2 is 1.95 bits per heavy atom. The molecule has 1 aromatic carbocycles. The van der Waals surface area contributed by atoms with E-state index in [2.05, 4.69) is 15.3 Å². The van der Waals surface area contributed by atoms with E-state index in [1.54, 1.807) is 33.0 Å². The van der Waals surface area contributed by atoms with Crippen LogP contribution in [-0.4, -0.2) is 82.4 Å². The van der Waals surface area contributed by atoms with Crippen molar-refractivity contribution < 1.29 is 23.4 Å². The molecule has 38 heavy (non-hydrogen) atoms. The Morgan fingerprint density at radius 1 is 1.24 bits per heavy atom. The van der Waals surface area contributed by atoms with E-state index >= 15 is 0 Å². The molecule has 2 N–H and O–H groups in total. The lowest BCUT2D eigenvalue weighted by Gasteiger charge is -2.38. The van der Waals surface area contributed by atoms with Crippen molar-refractivity contribution in [3.05, 3.63) is 42.7 Å². The van der Waals surface area contributed by atoms with E-state index in [1.165, 1.54) is 11.1 Å². The number of pyridine rings is 1. The van der Waals surface area contributed by atoms with E-state index < -0.39 is 30.0 Å². The number of piperidine rings is 1. The number of nitrogens with one attached hydrogen (secondary N) is 1. The van der Waals surface area contributed by atoms with Gasteiger partial charge in [-0.25, -0.2) is 23.5 Å². The number of likely N-dealkylation sites (N-methyl/N-ethyl adjacent to an activating group) is 1. The molecular formula is C27H34F2N6O3. The van der Waals surface area contributed by atoms with Gasteiger partial charge in [0.05, 0.1) is 23.7 Å². The number of halogens is 2. The van der Waals surface area contributed by atoms with Crippen LogP contribution in [0.25, 0.3) is 22.3 Å². The van der Waals surface area contributed by atoms with Gasteiger partial charge in [0.25, 0.3) is 5.92 Å². The molecule has 1 fully saturated rings. The third kappa shape index (κ3) is 6.45. The van der Waals surface area contributed by atoms with Crippen LogP contribution in [0.4, 0.5) is 25.1 Å². The van der Waals surface area contributed by atoms with Crippen LogP contribution in [0.2, 0.25) is 0 Å². The monoisotopic (exact) mass is 528 g/mol. The van der Waals surface area contributed by atoms with Gasteiger partial charge in [0.15, 0.2) is 5.82 Å². The van der Waals surface area contributed by atoms with Crippen molar-refractivity contribution in [3.63, 3.8) is 0 Å². The predicted octanol–water partition coefficient (Wildman–Crippen LogP) is 4.42. The summed E-state index contributed by atoms with van der Waals surface area (Å²) >= 11 is 0. The smallest absolute Gasteiger partial charge is 0.410 e. The summed E-state index contributed by atoms with van der Waals surface area (Å²) in [5.41, 5.74) is 2.71.